The molecule has 0 saturated heterocycles. The van der Waals surface area contributed by atoms with E-state index in [4.69, 9.17) is 0 Å². The molecule has 1 saturated carbocycles. The van der Waals surface area contributed by atoms with Crippen LogP contribution in [0.3, 0.4) is 0 Å². The van der Waals surface area contributed by atoms with E-state index >= 15 is 0 Å². The lowest BCUT2D eigenvalue weighted by Gasteiger charge is -2.41. The zero-order valence-electron chi connectivity index (χ0n) is 13.6. The van der Waals surface area contributed by atoms with Gasteiger partial charge in [0, 0.05) is 18.6 Å². The van der Waals surface area contributed by atoms with Gasteiger partial charge in [-0.3, -0.25) is 0 Å². The van der Waals surface area contributed by atoms with Crippen molar-refractivity contribution in [2.45, 2.75) is 66.0 Å². The highest BCUT2D eigenvalue weighted by Gasteiger charge is 2.31. The smallest absolute Gasteiger partial charge is 0.0112 e. The van der Waals surface area contributed by atoms with Gasteiger partial charge in [-0.15, -0.1) is 0 Å². The molecule has 0 aromatic rings. The van der Waals surface area contributed by atoms with Crippen molar-refractivity contribution < 1.29 is 0 Å². The van der Waals surface area contributed by atoms with E-state index in [9.17, 15) is 0 Å². The highest BCUT2D eigenvalue weighted by molar-refractivity contribution is 4.86. The summed E-state index contributed by atoms with van der Waals surface area (Å²) >= 11 is 0. The highest BCUT2D eigenvalue weighted by Crippen LogP contribution is 2.31. The maximum absolute atomic E-state index is 3.53. The summed E-state index contributed by atoms with van der Waals surface area (Å²) in [7, 11) is 4.42. The molecule has 108 valence electrons. The van der Waals surface area contributed by atoms with E-state index in [-0.39, 0.29) is 0 Å². The van der Waals surface area contributed by atoms with Crippen molar-refractivity contribution in [3.8, 4) is 0 Å². The fourth-order valence-electron chi connectivity index (χ4n) is 3.27. The SMILES string of the molecule is CNC1CCC(C)CC1CN(C)C(C)C(C)(C)C. The Morgan fingerprint density at radius 2 is 1.89 bits per heavy atom. The van der Waals surface area contributed by atoms with Gasteiger partial charge in [-0.05, 0) is 57.5 Å². The van der Waals surface area contributed by atoms with Crippen LogP contribution in [0.4, 0.5) is 0 Å². The van der Waals surface area contributed by atoms with Gasteiger partial charge in [0.2, 0.25) is 0 Å². The molecule has 0 aromatic carbocycles. The van der Waals surface area contributed by atoms with Crippen LogP contribution in [0.5, 0.6) is 0 Å². The topological polar surface area (TPSA) is 15.3 Å². The number of hydrogen-bond donors (Lipinski definition) is 1. The molecular formula is C16H34N2. The van der Waals surface area contributed by atoms with Crippen LogP contribution >= 0.6 is 0 Å². The van der Waals surface area contributed by atoms with Crippen LogP contribution in [0.1, 0.15) is 53.9 Å². The standard InChI is InChI=1S/C16H34N2/c1-12-8-9-15(17-6)14(10-12)11-18(7)13(2)16(3,4)5/h12-15,17H,8-11H2,1-7H3. The summed E-state index contributed by atoms with van der Waals surface area (Å²) in [6, 6.07) is 1.35. The fourth-order valence-corrected chi connectivity index (χ4v) is 3.27. The molecule has 0 aromatic heterocycles. The normalized spacial score (nSPS) is 31.7. The number of rotatable bonds is 4. The van der Waals surface area contributed by atoms with Crippen molar-refractivity contribution in [1.82, 2.24) is 10.2 Å². The summed E-state index contributed by atoms with van der Waals surface area (Å²) in [5, 5.41) is 3.53. The van der Waals surface area contributed by atoms with Crippen LogP contribution in [-0.4, -0.2) is 37.6 Å². The fraction of sp³-hybridized carbons (Fsp3) is 1.00. The predicted octanol–water partition coefficient (Wildman–Crippen LogP) is 3.38. The van der Waals surface area contributed by atoms with E-state index in [1.54, 1.807) is 0 Å². The number of nitrogens with zero attached hydrogens (tertiary/aromatic N) is 1. The van der Waals surface area contributed by atoms with Gasteiger partial charge in [0.05, 0.1) is 0 Å². The summed E-state index contributed by atoms with van der Waals surface area (Å²) in [5.74, 6) is 1.71. The van der Waals surface area contributed by atoms with Crippen LogP contribution in [0.2, 0.25) is 0 Å². The van der Waals surface area contributed by atoms with Gasteiger partial charge in [-0.2, -0.15) is 0 Å². The molecule has 2 nitrogen and oxygen atoms in total. The lowest BCUT2D eigenvalue weighted by molar-refractivity contribution is 0.0928. The van der Waals surface area contributed by atoms with Crippen molar-refractivity contribution in [3.05, 3.63) is 0 Å². The second kappa shape index (κ2) is 6.38. The van der Waals surface area contributed by atoms with E-state index in [1.165, 1.54) is 25.8 Å². The minimum absolute atomic E-state index is 0.365. The van der Waals surface area contributed by atoms with Gasteiger partial charge in [0.25, 0.3) is 0 Å². The van der Waals surface area contributed by atoms with E-state index in [1.807, 2.05) is 0 Å². The van der Waals surface area contributed by atoms with E-state index in [0.29, 0.717) is 11.5 Å². The summed E-state index contributed by atoms with van der Waals surface area (Å²) in [6.45, 7) is 13.0. The molecule has 0 aliphatic heterocycles. The molecule has 1 aliphatic carbocycles. The Bertz CT molecular complexity index is 244. The van der Waals surface area contributed by atoms with Crippen molar-refractivity contribution >= 4 is 0 Å². The molecule has 0 radical (unpaired) electrons. The first-order valence-corrected chi connectivity index (χ1v) is 7.63. The first-order valence-electron chi connectivity index (χ1n) is 7.63. The van der Waals surface area contributed by atoms with Gasteiger partial charge in [0.15, 0.2) is 0 Å². The van der Waals surface area contributed by atoms with Gasteiger partial charge in [-0.1, -0.05) is 27.7 Å². The lowest BCUT2D eigenvalue weighted by Crippen LogP contribution is -2.47. The van der Waals surface area contributed by atoms with Crippen molar-refractivity contribution in [2.24, 2.45) is 17.3 Å². The zero-order chi connectivity index (χ0) is 13.9. The molecule has 1 fully saturated rings. The van der Waals surface area contributed by atoms with Gasteiger partial charge in [0.1, 0.15) is 0 Å². The first-order chi connectivity index (χ1) is 8.25. The Morgan fingerprint density at radius 3 is 2.39 bits per heavy atom. The maximum atomic E-state index is 3.53. The van der Waals surface area contributed by atoms with E-state index in [2.05, 4.69) is 58.9 Å². The Balaban J connectivity index is 2.58. The second-order valence-corrected chi connectivity index (χ2v) is 7.56. The lowest BCUT2D eigenvalue weighted by atomic mass is 9.78. The van der Waals surface area contributed by atoms with Gasteiger partial charge in [-0.25, -0.2) is 0 Å². The third kappa shape index (κ3) is 4.24. The largest absolute Gasteiger partial charge is 0.317 e. The summed E-state index contributed by atoms with van der Waals surface area (Å²) in [5.41, 5.74) is 0.365. The molecule has 1 N–H and O–H groups in total. The average molecular weight is 254 g/mol. The minimum Gasteiger partial charge on any atom is -0.317 e. The summed E-state index contributed by atoms with van der Waals surface area (Å²) in [6.07, 6.45) is 4.12. The van der Waals surface area contributed by atoms with Crippen LogP contribution in [0.15, 0.2) is 0 Å². The Labute approximate surface area is 115 Å². The van der Waals surface area contributed by atoms with Crippen LogP contribution in [-0.2, 0) is 0 Å². The molecule has 4 unspecified atom stereocenters. The van der Waals surface area contributed by atoms with Crippen LogP contribution in [0.25, 0.3) is 0 Å². The number of nitrogens with one attached hydrogen (secondary N) is 1. The molecule has 18 heavy (non-hydrogen) atoms. The quantitative estimate of drug-likeness (QED) is 0.827. The Hall–Kier alpha value is -0.0800. The first kappa shape index (κ1) is 16.0. The van der Waals surface area contributed by atoms with E-state index in [0.717, 1.165) is 17.9 Å². The van der Waals surface area contributed by atoms with Gasteiger partial charge >= 0.3 is 0 Å². The molecule has 0 spiro atoms. The maximum Gasteiger partial charge on any atom is 0.0112 e. The molecule has 0 bridgehead atoms. The molecule has 2 heteroatoms. The Morgan fingerprint density at radius 1 is 1.28 bits per heavy atom. The molecule has 1 aliphatic rings. The third-order valence-corrected chi connectivity index (χ3v) is 5.05. The Kier molecular flexibility index (Phi) is 5.67. The summed E-state index contributed by atoms with van der Waals surface area (Å²) in [4.78, 5) is 2.56. The van der Waals surface area contributed by atoms with Crippen LogP contribution < -0.4 is 5.32 Å². The average Bonchev–Trinajstić information content (AvgIpc) is 2.27. The monoisotopic (exact) mass is 254 g/mol. The van der Waals surface area contributed by atoms with Crippen LogP contribution in [0, 0.1) is 17.3 Å². The molecular weight excluding hydrogens is 220 g/mol. The molecule has 0 amide bonds. The number of hydrogen-bond acceptors (Lipinski definition) is 2. The molecule has 0 heterocycles. The summed E-state index contributed by atoms with van der Waals surface area (Å²) < 4.78 is 0. The van der Waals surface area contributed by atoms with E-state index < -0.39 is 0 Å². The highest BCUT2D eigenvalue weighted by atomic mass is 15.1. The zero-order valence-corrected chi connectivity index (χ0v) is 13.6. The molecule has 4 atom stereocenters. The van der Waals surface area contributed by atoms with Crippen molar-refractivity contribution in [3.63, 3.8) is 0 Å². The second-order valence-electron chi connectivity index (χ2n) is 7.56. The van der Waals surface area contributed by atoms with Crippen molar-refractivity contribution in [2.75, 3.05) is 20.6 Å². The minimum atomic E-state index is 0.365. The molecule has 1 rings (SSSR count). The van der Waals surface area contributed by atoms with Crippen molar-refractivity contribution in [1.29, 1.82) is 0 Å². The van der Waals surface area contributed by atoms with Gasteiger partial charge < -0.3 is 10.2 Å². The third-order valence-electron chi connectivity index (χ3n) is 5.05. The predicted molar refractivity (Wildman–Crippen MR) is 80.9 cm³/mol.